The first-order valence-corrected chi connectivity index (χ1v) is 6.24. The number of nitrogen functional groups attached to an aromatic ring is 1. The molecule has 1 unspecified atom stereocenters. The summed E-state index contributed by atoms with van der Waals surface area (Å²) in [4.78, 5) is 6.59. The minimum Gasteiger partial charge on any atom is -0.398 e. The summed E-state index contributed by atoms with van der Waals surface area (Å²) in [5.74, 6) is 0. The van der Waals surface area contributed by atoms with Gasteiger partial charge < -0.3 is 15.4 Å². The van der Waals surface area contributed by atoms with Crippen LogP contribution in [0, 0.1) is 0 Å². The second-order valence-corrected chi connectivity index (χ2v) is 4.71. The van der Waals surface area contributed by atoms with Crippen molar-refractivity contribution in [1.29, 1.82) is 0 Å². The number of benzene rings is 1. The van der Waals surface area contributed by atoms with Gasteiger partial charge in [0.2, 0.25) is 0 Å². The SMILES string of the molecule is CC1COCCN1c1ccc(N)c2ccncc12. The summed E-state index contributed by atoms with van der Waals surface area (Å²) in [6.07, 6.45) is 3.68. The Labute approximate surface area is 106 Å². The lowest BCUT2D eigenvalue weighted by atomic mass is 10.1. The Bertz CT molecular complexity index is 570. The molecule has 2 N–H and O–H groups in total. The van der Waals surface area contributed by atoms with E-state index in [1.807, 2.05) is 18.3 Å². The molecule has 0 spiro atoms. The Morgan fingerprint density at radius 2 is 2.22 bits per heavy atom. The first-order chi connectivity index (χ1) is 8.77. The number of pyridine rings is 1. The van der Waals surface area contributed by atoms with Crippen LogP contribution in [0.1, 0.15) is 6.92 Å². The van der Waals surface area contributed by atoms with E-state index in [1.54, 1.807) is 6.20 Å². The number of rotatable bonds is 1. The number of ether oxygens (including phenoxy) is 1. The lowest BCUT2D eigenvalue weighted by Crippen LogP contribution is -2.43. The molecule has 1 aliphatic heterocycles. The van der Waals surface area contributed by atoms with E-state index in [2.05, 4.69) is 22.9 Å². The van der Waals surface area contributed by atoms with Crippen molar-refractivity contribution in [2.24, 2.45) is 0 Å². The molecule has 1 atom stereocenters. The highest BCUT2D eigenvalue weighted by Gasteiger charge is 2.21. The number of aromatic nitrogens is 1. The first kappa shape index (κ1) is 11.3. The van der Waals surface area contributed by atoms with E-state index in [9.17, 15) is 0 Å². The number of hydrogen-bond acceptors (Lipinski definition) is 4. The fraction of sp³-hybridized carbons (Fsp3) is 0.357. The van der Waals surface area contributed by atoms with Gasteiger partial charge in [-0.3, -0.25) is 4.98 Å². The average Bonchev–Trinajstić information content (AvgIpc) is 2.41. The van der Waals surface area contributed by atoms with E-state index >= 15 is 0 Å². The van der Waals surface area contributed by atoms with E-state index in [0.29, 0.717) is 6.04 Å². The van der Waals surface area contributed by atoms with Gasteiger partial charge in [-0.2, -0.15) is 0 Å². The zero-order valence-electron chi connectivity index (χ0n) is 10.5. The molecule has 0 aliphatic carbocycles. The topological polar surface area (TPSA) is 51.4 Å². The summed E-state index contributed by atoms with van der Waals surface area (Å²) in [6.45, 7) is 4.63. The summed E-state index contributed by atoms with van der Waals surface area (Å²) >= 11 is 0. The maximum absolute atomic E-state index is 6.02. The molecule has 4 nitrogen and oxygen atoms in total. The summed E-state index contributed by atoms with van der Waals surface area (Å²) in [7, 11) is 0. The highest BCUT2D eigenvalue weighted by molar-refractivity contribution is 6.00. The molecule has 1 fully saturated rings. The van der Waals surface area contributed by atoms with E-state index in [1.165, 1.54) is 5.69 Å². The van der Waals surface area contributed by atoms with E-state index in [-0.39, 0.29) is 0 Å². The molecule has 94 valence electrons. The Hall–Kier alpha value is -1.81. The largest absolute Gasteiger partial charge is 0.398 e. The van der Waals surface area contributed by atoms with Crippen LogP contribution in [0.25, 0.3) is 10.8 Å². The number of morpholine rings is 1. The maximum Gasteiger partial charge on any atom is 0.0668 e. The van der Waals surface area contributed by atoms with Crippen LogP contribution >= 0.6 is 0 Å². The number of fused-ring (bicyclic) bond motifs is 1. The summed E-state index contributed by atoms with van der Waals surface area (Å²) in [5, 5.41) is 2.19. The standard InChI is InChI=1S/C14H17N3O/c1-10-9-18-7-6-17(10)14-3-2-13(15)11-4-5-16-8-12(11)14/h2-5,8,10H,6-7,9,15H2,1H3. The Kier molecular flexibility index (Phi) is 2.80. The maximum atomic E-state index is 6.02. The van der Waals surface area contributed by atoms with Crippen molar-refractivity contribution in [2.45, 2.75) is 13.0 Å². The van der Waals surface area contributed by atoms with Crippen LogP contribution in [-0.4, -0.2) is 30.8 Å². The van der Waals surface area contributed by atoms with Gasteiger partial charge in [0, 0.05) is 47.1 Å². The predicted octanol–water partition coefficient (Wildman–Crippen LogP) is 2.04. The first-order valence-electron chi connectivity index (χ1n) is 6.24. The molecule has 4 heteroatoms. The summed E-state index contributed by atoms with van der Waals surface area (Å²) in [6, 6.07) is 6.41. The molecule has 18 heavy (non-hydrogen) atoms. The van der Waals surface area contributed by atoms with Crippen molar-refractivity contribution in [3.8, 4) is 0 Å². The third kappa shape index (κ3) is 1.78. The normalized spacial score (nSPS) is 20.3. The number of nitrogens with zero attached hydrogens (tertiary/aromatic N) is 2. The molecule has 1 saturated heterocycles. The van der Waals surface area contributed by atoms with Crippen molar-refractivity contribution in [2.75, 3.05) is 30.4 Å². The van der Waals surface area contributed by atoms with Gasteiger partial charge in [-0.05, 0) is 25.1 Å². The third-order valence-electron chi connectivity index (χ3n) is 3.51. The average molecular weight is 243 g/mol. The fourth-order valence-corrected chi connectivity index (χ4v) is 2.53. The number of hydrogen-bond donors (Lipinski definition) is 1. The second kappa shape index (κ2) is 4.46. The molecular weight excluding hydrogens is 226 g/mol. The zero-order chi connectivity index (χ0) is 12.5. The summed E-state index contributed by atoms with van der Waals surface area (Å²) in [5.41, 5.74) is 8.02. The van der Waals surface area contributed by atoms with E-state index in [4.69, 9.17) is 10.5 Å². The highest BCUT2D eigenvalue weighted by Crippen LogP contribution is 2.31. The van der Waals surface area contributed by atoms with Crippen molar-refractivity contribution in [1.82, 2.24) is 4.98 Å². The molecule has 3 rings (SSSR count). The molecule has 2 heterocycles. The molecule has 0 radical (unpaired) electrons. The zero-order valence-corrected chi connectivity index (χ0v) is 10.5. The lowest BCUT2D eigenvalue weighted by molar-refractivity contribution is 0.0991. The van der Waals surface area contributed by atoms with Crippen LogP contribution in [0.4, 0.5) is 11.4 Å². The van der Waals surface area contributed by atoms with Crippen LogP contribution < -0.4 is 10.6 Å². The molecule has 0 saturated carbocycles. The molecule has 1 aromatic carbocycles. The van der Waals surface area contributed by atoms with Gasteiger partial charge in [0.25, 0.3) is 0 Å². The van der Waals surface area contributed by atoms with Crippen LogP contribution in [-0.2, 0) is 4.74 Å². The molecular formula is C14H17N3O. The third-order valence-corrected chi connectivity index (χ3v) is 3.51. The molecule has 1 aliphatic rings. The molecule has 0 bridgehead atoms. The minimum absolute atomic E-state index is 0.380. The second-order valence-electron chi connectivity index (χ2n) is 4.71. The van der Waals surface area contributed by atoms with Gasteiger partial charge in [-0.1, -0.05) is 0 Å². The molecule has 2 aromatic rings. The van der Waals surface area contributed by atoms with E-state index < -0.39 is 0 Å². The van der Waals surface area contributed by atoms with Gasteiger partial charge in [-0.15, -0.1) is 0 Å². The number of nitrogens with two attached hydrogens (primary N) is 1. The smallest absolute Gasteiger partial charge is 0.0668 e. The highest BCUT2D eigenvalue weighted by atomic mass is 16.5. The van der Waals surface area contributed by atoms with Gasteiger partial charge in [0.05, 0.1) is 13.2 Å². The van der Waals surface area contributed by atoms with Crippen molar-refractivity contribution in [3.05, 3.63) is 30.6 Å². The monoisotopic (exact) mass is 243 g/mol. The number of anilines is 2. The lowest BCUT2D eigenvalue weighted by Gasteiger charge is -2.36. The Morgan fingerprint density at radius 1 is 1.33 bits per heavy atom. The van der Waals surface area contributed by atoms with Crippen molar-refractivity contribution >= 4 is 22.1 Å². The van der Waals surface area contributed by atoms with Crippen molar-refractivity contribution < 1.29 is 4.74 Å². The van der Waals surface area contributed by atoms with Crippen LogP contribution in [0.15, 0.2) is 30.6 Å². The van der Waals surface area contributed by atoms with Gasteiger partial charge in [0.15, 0.2) is 0 Å². The molecule has 1 aromatic heterocycles. The Balaban J connectivity index is 2.14. The fourth-order valence-electron chi connectivity index (χ4n) is 2.53. The molecule has 0 amide bonds. The van der Waals surface area contributed by atoms with Gasteiger partial charge in [0.1, 0.15) is 0 Å². The van der Waals surface area contributed by atoms with Gasteiger partial charge >= 0.3 is 0 Å². The van der Waals surface area contributed by atoms with E-state index in [0.717, 1.165) is 36.2 Å². The minimum atomic E-state index is 0.380. The summed E-state index contributed by atoms with van der Waals surface area (Å²) < 4.78 is 5.49. The van der Waals surface area contributed by atoms with Crippen molar-refractivity contribution in [3.63, 3.8) is 0 Å². The van der Waals surface area contributed by atoms with Crippen LogP contribution in [0.5, 0.6) is 0 Å². The predicted molar refractivity (Wildman–Crippen MR) is 73.8 cm³/mol. The van der Waals surface area contributed by atoms with Crippen LogP contribution in [0.2, 0.25) is 0 Å². The van der Waals surface area contributed by atoms with Crippen LogP contribution in [0.3, 0.4) is 0 Å². The quantitative estimate of drug-likeness (QED) is 0.779. The Morgan fingerprint density at radius 3 is 3.06 bits per heavy atom. The van der Waals surface area contributed by atoms with Gasteiger partial charge in [-0.25, -0.2) is 0 Å².